The van der Waals surface area contributed by atoms with Crippen molar-refractivity contribution in [3.63, 3.8) is 0 Å². The average molecular weight is 273 g/mol. The Morgan fingerprint density at radius 2 is 1.81 bits per heavy atom. The Morgan fingerprint density at radius 3 is 2.62 bits per heavy atom. The number of halogens is 1. The molecule has 0 aliphatic rings. The molecule has 0 bridgehead atoms. The van der Waals surface area contributed by atoms with Crippen LogP contribution in [0.25, 0.3) is 22.2 Å². The van der Waals surface area contributed by atoms with Gasteiger partial charge in [-0.2, -0.15) is 0 Å². The molecule has 0 saturated heterocycles. The lowest BCUT2D eigenvalue weighted by Crippen LogP contribution is -1.76. The predicted molar refractivity (Wildman–Crippen MR) is 69.2 cm³/mol. The molecule has 0 saturated carbocycles. The Balaban J connectivity index is 2.35. The van der Waals surface area contributed by atoms with E-state index in [4.69, 9.17) is 0 Å². The van der Waals surface area contributed by atoms with Gasteiger partial charge >= 0.3 is 0 Å². The van der Waals surface area contributed by atoms with Crippen molar-refractivity contribution in [2.45, 2.75) is 0 Å². The molecule has 1 N–H and O–H groups in total. The van der Waals surface area contributed by atoms with Crippen molar-refractivity contribution >= 4 is 27.0 Å². The molecule has 0 unspecified atom stereocenters. The van der Waals surface area contributed by atoms with Crippen LogP contribution in [0.4, 0.5) is 0 Å². The molecule has 2 aromatic heterocycles. The average Bonchev–Trinajstić information content (AvgIpc) is 2.66. The number of hydrogen-bond acceptors (Lipinski definition) is 1. The zero-order valence-electron chi connectivity index (χ0n) is 8.44. The first-order valence-electron chi connectivity index (χ1n) is 5.04. The third-order valence-corrected chi connectivity index (χ3v) is 3.18. The number of nitrogens with zero attached hydrogens (tertiary/aromatic N) is 1. The van der Waals surface area contributed by atoms with Crippen LogP contribution in [0.3, 0.4) is 0 Å². The van der Waals surface area contributed by atoms with E-state index in [2.05, 4.69) is 44.1 Å². The van der Waals surface area contributed by atoms with Crippen LogP contribution in [0, 0.1) is 0 Å². The van der Waals surface area contributed by atoms with Crippen LogP contribution in [0.15, 0.2) is 53.3 Å². The van der Waals surface area contributed by atoms with Gasteiger partial charge in [-0.05, 0) is 33.6 Å². The van der Waals surface area contributed by atoms with E-state index in [9.17, 15) is 0 Å². The summed E-state index contributed by atoms with van der Waals surface area (Å²) in [7, 11) is 0. The van der Waals surface area contributed by atoms with Crippen LogP contribution in [0.2, 0.25) is 0 Å². The number of H-pyrrole nitrogens is 1. The molecule has 2 nitrogen and oxygen atoms in total. The highest BCUT2D eigenvalue weighted by Gasteiger charge is 2.10. The lowest BCUT2D eigenvalue weighted by molar-refractivity contribution is 1.30. The zero-order chi connectivity index (χ0) is 11.0. The van der Waals surface area contributed by atoms with E-state index >= 15 is 0 Å². The highest BCUT2D eigenvalue weighted by molar-refractivity contribution is 9.10. The maximum Gasteiger partial charge on any atom is 0.138 e. The fraction of sp³-hybridized carbons (Fsp3) is 0. The molecule has 3 heteroatoms. The van der Waals surface area contributed by atoms with Crippen LogP contribution in [0.5, 0.6) is 0 Å². The quantitative estimate of drug-likeness (QED) is 0.713. The summed E-state index contributed by atoms with van der Waals surface area (Å²) in [5.41, 5.74) is 3.27. The van der Waals surface area contributed by atoms with Crippen molar-refractivity contribution in [2.75, 3.05) is 0 Å². The first kappa shape index (κ1) is 9.60. The molecular weight excluding hydrogens is 264 g/mol. The van der Waals surface area contributed by atoms with Crippen molar-refractivity contribution in [1.29, 1.82) is 0 Å². The van der Waals surface area contributed by atoms with E-state index < -0.39 is 0 Å². The number of benzene rings is 1. The number of pyridine rings is 1. The monoisotopic (exact) mass is 272 g/mol. The Bertz CT molecular complexity index is 629. The first-order valence-corrected chi connectivity index (χ1v) is 5.83. The second-order valence-corrected chi connectivity index (χ2v) is 4.37. The molecule has 0 atom stereocenters. The highest BCUT2D eigenvalue weighted by atomic mass is 79.9. The molecule has 0 spiro atoms. The van der Waals surface area contributed by atoms with Crippen molar-refractivity contribution in [2.24, 2.45) is 0 Å². The minimum Gasteiger partial charge on any atom is -0.333 e. The van der Waals surface area contributed by atoms with Gasteiger partial charge in [0, 0.05) is 17.1 Å². The maximum absolute atomic E-state index is 4.30. The summed E-state index contributed by atoms with van der Waals surface area (Å²) in [5.74, 6) is 0. The van der Waals surface area contributed by atoms with Crippen LogP contribution >= 0.6 is 15.9 Å². The van der Waals surface area contributed by atoms with Gasteiger partial charge in [0.1, 0.15) is 5.65 Å². The van der Waals surface area contributed by atoms with Crippen molar-refractivity contribution in [3.8, 4) is 11.1 Å². The normalized spacial score (nSPS) is 10.8. The molecular formula is C13H9BrN2. The van der Waals surface area contributed by atoms with E-state index in [1.165, 1.54) is 11.1 Å². The van der Waals surface area contributed by atoms with Gasteiger partial charge in [0.25, 0.3) is 0 Å². The van der Waals surface area contributed by atoms with Crippen molar-refractivity contribution in [3.05, 3.63) is 53.3 Å². The lowest BCUT2D eigenvalue weighted by Gasteiger charge is -1.99. The fourth-order valence-electron chi connectivity index (χ4n) is 1.88. The molecule has 16 heavy (non-hydrogen) atoms. The molecule has 3 aromatic rings. The van der Waals surface area contributed by atoms with Gasteiger partial charge in [-0.1, -0.05) is 30.3 Å². The number of fused-ring (bicyclic) bond motifs is 1. The minimum absolute atomic E-state index is 0.910. The van der Waals surface area contributed by atoms with E-state index in [0.29, 0.717) is 0 Å². The van der Waals surface area contributed by atoms with Gasteiger partial charge in [0.05, 0.1) is 4.60 Å². The second-order valence-electron chi connectivity index (χ2n) is 3.58. The molecule has 1 aromatic carbocycles. The van der Waals surface area contributed by atoms with E-state index in [-0.39, 0.29) is 0 Å². The number of aromatic amines is 1. The largest absolute Gasteiger partial charge is 0.333 e. The zero-order valence-corrected chi connectivity index (χ0v) is 10.0. The Hall–Kier alpha value is -1.61. The maximum atomic E-state index is 4.30. The smallest absolute Gasteiger partial charge is 0.138 e. The number of aromatic nitrogens is 2. The Morgan fingerprint density at radius 1 is 1.00 bits per heavy atom. The third kappa shape index (κ3) is 1.44. The van der Waals surface area contributed by atoms with Crippen LogP contribution in [0.1, 0.15) is 0 Å². The van der Waals surface area contributed by atoms with Gasteiger partial charge < -0.3 is 4.98 Å². The molecule has 0 radical (unpaired) electrons. The summed E-state index contributed by atoms with van der Waals surface area (Å²) < 4.78 is 0.979. The third-order valence-electron chi connectivity index (χ3n) is 2.59. The van der Waals surface area contributed by atoms with Crippen LogP contribution < -0.4 is 0 Å². The van der Waals surface area contributed by atoms with Crippen molar-refractivity contribution in [1.82, 2.24) is 9.97 Å². The van der Waals surface area contributed by atoms with Gasteiger partial charge in [-0.3, -0.25) is 0 Å². The second kappa shape index (κ2) is 3.76. The van der Waals surface area contributed by atoms with E-state index in [1.807, 2.05) is 24.3 Å². The highest BCUT2D eigenvalue weighted by Crippen LogP contribution is 2.34. The summed E-state index contributed by atoms with van der Waals surface area (Å²) in [6.07, 6.45) is 1.79. The molecule has 0 fully saturated rings. The fourth-order valence-corrected chi connectivity index (χ4v) is 2.51. The first-order chi connectivity index (χ1) is 7.86. The molecule has 2 heterocycles. The number of hydrogen-bond donors (Lipinski definition) is 1. The molecule has 3 rings (SSSR count). The van der Waals surface area contributed by atoms with Gasteiger partial charge in [0.15, 0.2) is 0 Å². The Kier molecular flexibility index (Phi) is 2.26. The van der Waals surface area contributed by atoms with Crippen molar-refractivity contribution < 1.29 is 0 Å². The standard InChI is InChI=1S/C13H9BrN2/c14-12-11(9-5-2-1-3-6-9)10-7-4-8-15-13(10)16-12/h1-8H,(H,15,16). The lowest BCUT2D eigenvalue weighted by atomic mass is 10.1. The Labute approximate surface area is 101 Å². The summed E-state index contributed by atoms with van der Waals surface area (Å²) >= 11 is 3.55. The molecule has 0 amide bonds. The predicted octanol–water partition coefficient (Wildman–Crippen LogP) is 3.99. The van der Waals surface area contributed by atoms with Crippen LogP contribution in [-0.2, 0) is 0 Å². The summed E-state index contributed by atoms with van der Waals surface area (Å²) in [4.78, 5) is 7.53. The molecule has 78 valence electrons. The SMILES string of the molecule is Brc1[nH]c2ncccc2c1-c1ccccc1. The number of rotatable bonds is 1. The summed E-state index contributed by atoms with van der Waals surface area (Å²) in [6.45, 7) is 0. The minimum atomic E-state index is 0.910. The number of nitrogens with one attached hydrogen (secondary N) is 1. The topological polar surface area (TPSA) is 28.7 Å². The van der Waals surface area contributed by atoms with Gasteiger partial charge in [-0.25, -0.2) is 4.98 Å². The van der Waals surface area contributed by atoms with E-state index in [0.717, 1.165) is 15.6 Å². The molecule has 0 aliphatic carbocycles. The van der Waals surface area contributed by atoms with E-state index in [1.54, 1.807) is 6.20 Å². The molecule has 0 aliphatic heterocycles. The van der Waals surface area contributed by atoms with Gasteiger partial charge in [0.2, 0.25) is 0 Å². The summed E-state index contributed by atoms with van der Waals surface area (Å²) in [6, 6.07) is 14.3. The van der Waals surface area contributed by atoms with Crippen LogP contribution in [-0.4, -0.2) is 9.97 Å². The van der Waals surface area contributed by atoms with Gasteiger partial charge in [-0.15, -0.1) is 0 Å². The summed E-state index contributed by atoms with van der Waals surface area (Å²) in [5, 5.41) is 1.14.